The van der Waals surface area contributed by atoms with Crippen molar-refractivity contribution in [2.24, 2.45) is 0 Å². The number of hydrogen-bond acceptors (Lipinski definition) is 0. The van der Waals surface area contributed by atoms with Crippen LogP contribution in [0.3, 0.4) is 0 Å². The predicted octanol–water partition coefficient (Wildman–Crippen LogP) is 9.11. The average molecular weight is 473 g/mol. The minimum Gasteiger partial charge on any atom is -0.168 e. The van der Waals surface area contributed by atoms with E-state index in [4.69, 9.17) is 11.1 Å². The van der Waals surface area contributed by atoms with Gasteiger partial charge in [-0.15, -0.1) is 0 Å². The number of halogens is 2. The molecule has 3 heteroatoms. The number of unbranched alkanes of at least 4 members (excludes halogenated alkanes) is 15. The van der Waals surface area contributed by atoms with Crippen LogP contribution in [0.25, 0.3) is 0 Å². The summed E-state index contributed by atoms with van der Waals surface area (Å²) in [5.74, 6) is 0. The Labute approximate surface area is 166 Å². The van der Waals surface area contributed by atoms with E-state index < -0.39 is 7.38 Å². The second-order valence-corrected chi connectivity index (χ2v) is 15.9. The summed E-state index contributed by atoms with van der Waals surface area (Å²) >= 11 is 8.83. The first-order valence-corrected chi connectivity index (χ1v) is 16.1. The van der Waals surface area contributed by atoms with E-state index in [1.165, 1.54) is 113 Å². The lowest BCUT2D eigenvalue weighted by Crippen LogP contribution is -2.14. The first kappa shape index (κ1) is 24.2. The third-order valence-electron chi connectivity index (χ3n) is 4.65. The molecule has 140 valence electrons. The zero-order valence-electron chi connectivity index (χ0n) is 16.0. The molecule has 0 aromatic carbocycles. The number of hydrogen-bond donors (Lipinski definition) is 0. The van der Waals surface area contributed by atoms with Gasteiger partial charge in [0.1, 0.15) is 7.38 Å². The lowest BCUT2D eigenvalue weighted by molar-refractivity contribution is 0.532. The van der Waals surface area contributed by atoms with Crippen molar-refractivity contribution in [1.82, 2.24) is 0 Å². The molecular formula is C20H42ClISi. The maximum Gasteiger partial charge on any atom is 0.150 e. The standard InChI is InChI=1S/C20H42ClISi/c1-23(2,21)20-18-16-14-12-10-8-6-4-3-5-7-9-11-13-15-17-19-22/h3-20H2,1-2H3. The quantitative estimate of drug-likeness (QED) is 0.0613. The molecule has 0 N–H and O–H groups in total. The van der Waals surface area contributed by atoms with Crippen LogP contribution in [-0.4, -0.2) is 11.8 Å². The van der Waals surface area contributed by atoms with Gasteiger partial charge in [-0.25, -0.2) is 0 Å². The van der Waals surface area contributed by atoms with Crippen LogP contribution in [0, 0.1) is 0 Å². The van der Waals surface area contributed by atoms with Crippen molar-refractivity contribution in [3.63, 3.8) is 0 Å². The van der Waals surface area contributed by atoms with Crippen molar-refractivity contribution in [1.29, 1.82) is 0 Å². The Morgan fingerprint density at radius 1 is 0.522 bits per heavy atom. The first-order valence-electron chi connectivity index (χ1n) is 10.3. The van der Waals surface area contributed by atoms with E-state index in [0.717, 1.165) is 0 Å². The molecule has 0 radical (unpaired) electrons. The van der Waals surface area contributed by atoms with Gasteiger partial charge in [0, 0.05) is 0 Å². The fourth-order valence-corrected chi connectivity index (χ4v) is 5.15. The van der Waals surface area contributed by atoms with Crippen LogP contribution in [0.1, 0.15) is 103 Å². The predicted molar refractivity (Wildman–Crippen MR) is 121 cm³/mol. The Bertz CT molecular complexity index is 228. The molecule has 0 spiro atoms. The molecule has 0 unspecified atom stereocenters. The van der Waals surface area contributed by atoms with Crippen LogP contribution in [0.2, 0.25) is 19.1 Å². The molecule has 0 heterocycles. The van der Waals surface area contributed by atoms with Gasteiger partial charge in [-0.05, 0) is 16.9 Å². The van der Waals surface area contributed by atoms with E-state index in [1.54, 1.807) is 0 Å². The van der Waals surface area contributed by atoms with Gasteiger partial charge in [0.2, 0.25) is 0 Å². The lowest BCUT2D eigenvalue weighted by Gasteiger charge is -2.11. The van der Waals surface area contributed by atoms with Crippen LogP contribution < -0.4 is 0 Å². The zero-order valence-corrected chi connectivity index (χ0v) is 19.9. The molecule has 23 heavy (non-hydrogen) atoms. The highest BCUT2D eigenvalue weighted by Crippen LogP contribution is 2.19. The second-order valence-electron chi connectivity index (χ2n) is 7.81. The van der Waals surface area contributed by atoms with Gasteiger partial charge in [0.15, 0.2) is 0 Å². The summed E-state index contributed by atoms with van der Waals surface area (Å²) < 4.78 is 1.34. The summed E-state index contributed by atoms with van der Waals surface area (Å²) in [6.07, 6.45) is 23.2. The van der Waals surface area contributed by atoms with Gasteiger partial charge in [-0.3, -0.25) is 0 Å². The molecule has 0 aromatic rings. The van der Waals surface area contributed by atoms with E-state index in [9.17, 15) is 0 Å². The van der Waals surface area contributed by atoms with Crippen LogP contribution in [0.15, 0.2) is 0 Å². The van der Waals surface area contributed by atoms with Crippen molar-refractivity contribution in [3.8, 4) is 0 Å². The monoisotopic (exact) mass is 472 g/mol. The normalized spacial score (nSPS) is 12.0. The molecule has 0 bridgehead atoms. The Balaban J connectivity index is 3.00. The topological polar surface area (TPSA) is 0 Å². The molecular weight excluding hydrogens is 431 g/mol. The van der Waals surface area contributed by atoms with Gasteiger partial charge < -0.3 is 0 Å². The van der Waals surface area contributed by atoms with E-state index >= 15 is 0 Å². The van der Waals surface area contributed by atoms with Crippen molar-refractivity contribution < 1.29 is 0 Å². The Morgan fingerprint density at radius 3 is 1.04 bits per heavy atom. The lowest BCUT2D eigenvalue weighted by atomic mass is 10.0. The van der Waals surface area contributed by atoms with E-state index in [0.29, 0.717) is 0 Å². The molecule has 0 amide bonds. The van der Waals surface area contributed by atoms with Crippen LogP contribution in [0.4, 0.5) is 0 Å². The summed E-state index contributed by atoms with van der Waals surface area (Å²) in [6.45, 7) is 4.53. The molecule has 0 aliphatic heterocycles. The van der Waals surface area contributed by atoms with Crippen molar-refractivity contribution in [2.75, 3.05) is 4.43 Å². The third kappa shape index (κ3) is 23.2. The number of rotatable bonds is 18. The minimum absolute atomic E-state index is 1.29. The summed E-state index contributed by atoms with van der Waals surface area (Å²) in [5.41, 5.74) is 0. The van der Waals surface area contributed by atoms with Crippen molar-refractivity contribution in [2.45, 2.75) is 122 Å². The van der Waals surface area contributed by atoms with Gasteiger partial charge >= 0.3 is 0 Å². The Morgan fingerprint density at radius 2 is 0.783 bits per heavy atom. The molecule has 0 atom stereocenters. The molecule has 0 fully saturated rings. The van der Waals surface area contributed by atoms with Gasteiger partial charge in [0.25, 0.3) is 0 Å². The third-order valence-corrected chi connectivity index (χ3v) is 7.53. The average Bonchev–Trinajstić information content (AvgIpc) is 2.49. The van der Waals surface area contributed by atoms with Gasteiger partial charge in [-0.1, -0.05) is 132 Å². The van der Waals surface area contributed by atoms with Gasteiger partial charge in [-0.2, -0.15) is 11.1 Å². The first-order chi connectivity index (χ1) is 11.1. The van der Waals surface area contributed by atoms with E-state index in [2.05, 4.69) is 35.7 Å². The van der Waals surface area contributed by atoms with Crippen LogP contribution in [0.5, 0.6) is 0 Å². The molecule has 0 aliphatic carbocycles. The largest absolute Gasteiger partial charge is 0.168 e. The molecule has 0 aliphatic rings. The summed E-state index contributed by atoms with van der Waals surface area (Å²) in [5, 5.41) is 0. The number of alkyl halides is 1. The Kier molecular flexibility index (Phi) is 19.0. The molecule has 0 rings (SSSR count). The van der Waals surface area contributed by atoms with E-state index in [1.807, 2.05) is 0 Å². The Hall–Kier alpha value is 1.24. The molecule has 0 nitrogen and oxygen atoms in total. The summed E-state index contributed by atoms with van der Waals surface area (Å²) in [7, 11) is -1.29. The molecule has 0 aromatic heterocycles. The fraction of sp³-hybridized carbons (Fsp3) is 1.00. The summed E-state index contributed by atoms with van der Waals surface area (Å²) in [4.78, 5) is 0. The van der Waals surface area contributed by atoms with Crippen molar-refractivity contribution >= 4 is 41.1 Å². The highest BCUT2D eigenvalue weighted by atomic mass is 127. The maximum atomic E-state index is 6.34. The fourth-order valence-electron chi connectivity index (χ4n) is 3.11. The van der Waals surface area contributed by atoms with Crippen LogP contribution in [-0.2, 0) is 0 Å². The smallest absolute Gasteiger partial charge is 0.150 e. The molecule has 0 saturated carbocycles. The minimum atomic E-state index is -1.29. The second kappa shape index (κ2) is 18.0. The maximum absolute atomic E-state index is 6.34. The SMILES string of the molecule is C[Si](C)(Cl)CCCCCCCCCCCCCCCCCCI. The highest BCUT2D eigenvalue weighted by Gasteiger charge is 2.15. The van der Waals surface area contributed by atoms with Gasteiger partial charge in [0.05, 0.1) is 0 Å². The summed E-state index contributed by atoms with van der Waals surface area (Å²) in [6, 6.07) is 1.30. The van der Waals surface area contributed by atoms with Crippen LogP contribution >= 0.6 is 33.7 Å². The zero-order chi connectivity index (χ0) is 17.2. The van der Waals surface area contributed by atoms with E-state index in [-0.39, 0.29) is 0 Å². The molecule has 0 saturated heterocycles. The van der Waals surface area contributed by atoms with Crippen molar-refractivity contribution in [3.05, 3.63) is 0 Å². The highest BCUT2D eigenvalue weighted by molar-refractivity contribution is 14.1.